The van der Waals surface area contributed by atoms with E-state index in [-0.39, 0.29) is 0 Å². The minimum absolute atomic E-state index is 0.493. The van der Waals surface area contributed by atoms with Gasteiger partial charge in [0.25, 0.3) is 0 Å². The quantitative estimate of drug-likeness (QED) is 0.625. The van der Waals surface area contributed by atoms with Crippen molar-refractivity contribution < 1.29 is 0 Å². The van der Waals surface area contributed by atoms with Crippen molar-refractivity contribution in [3.63, 3.8) is 0 Å². The number of hydrogen-bond donors (Lipinski definition) is 1. The highest BCUT2D eigenvalue weighted by Crippen LogP contribution is 2.12. The van der Waals surface area contributed by atoms with Crippen LogP contribution in [-0.4, -0.2) is 26.1 Å². The van der Waals surface area contributed by atoms with E-state index in [0.29, 0.717) is 5.15 Å². The van der Waals surface area contributed by atoms with Gasteiger partial charge in [-0.15, -0.1) is 0 Å². The third-order valence-corrected chi connectivity index (χ3v) is 2.96. The van der Waals surface area contributed by atoms with Crippen molar-refractivity contribution in [2.45, 2.75) is 32.7 Å². The van der Waals surface area contributed by atoms with Crippen molar-refractivity contribution in [3.05, 3.63) is 35.8 Å². The monoisotopic (exact) mass is 279 g/mol. The minimum Gasteiger partial charge on any atom is -0.370 e. The van der Waals surface area contributed by atoms with Crippen LogP contribution in [0.15, 0.2) is 24.8 Å². The minimum atomic E-state index is 0.493. The van der Waals surface area contributed by atoms with E-state index in [9.17, 15) is 0 Å². The van der Waals surface area contributed by atoms with Crippen LogP contribution in [0.2, 0.25) is 5.15 Å². The molecule has 5 nitrogen and oxygen atoms in total. The Hall–Kier alpha value is -1.62. The summed E-state index contributed by atoms with van der Waals surface area (Å²) in [5.74, 6) is 1.58. The zero-order valence-electron chi connectivity index (χ0n) is 11.0. The Morgan fingerprint density at radius 3 is 2.95 bits per heavy atom. The predicted octanol–water partition coefficient (Wildman–Crippen LogP) is 2.78. The van der Waals surface area contributed by atoms with Gasteiger partial charge in [-0.25, -0.2) is 15.0 Å². The largest absolute Gasteiger partial charge is 0.370 e. The first-order chi connectivity index (χ1) is 9.28. The molecule has 102 valence electrons. The SMILES string of the molecule is CCc1nc(Cl)cc(NCCCCn2ccnc2)n1. The first-order valence-corrected chi connectivity index (χ1v) is 6.89. The molecule has 0 aromatic carbocycles. The summed E-state index contributed by atoms with van der Waals surface area (Å²) < 4.78 is 2.08. The summed E-state index contributed by atoms with van der Waals surface area (Å²) >= 11 is 5.94. The maximum absolute atomic E-state index is 5.94. The van der Waals surface area contributed by atoms with Gasteiger partial charge in [-0.05, 0) is 12.8 Å². The summed E-state index contributed by atoms with van der Waals surface area (Å²) in [7, 11) is 0. The molecule has 0 amide bonds. The molecule has 0 unspecified atom stereocenters. The first kappa shape index (κ1) is 13.8. The van der Waals surface area contributed by atoms with Gasteiger partial charge in [-0.2, -0.15) is 0 Å². The van der Waals surface area contributed by atoms with Gasteiger partial charge in [-0.1, -0.05) is 18.5 Å². The summed E-state index contributed by atoms with van der Waals surface area (Å²) in [6.45, 7) is 3.89. The predicted molar refractivity (Wildman–Crippen MR) is 76.4 cm³/mol. The topological polar surface area (TPSA) is 55.6 Å². The summed E-state index contributed by atoms with van der Waals surface area (Å²) in [6, 6.07) is 1.76. The molecule has 0 radical (unpaired) electrons. The Morgan fingerprint density at radius 1 is 1.32 bits per heavy atom. The second kappa shape index (κ2) is 7.09. The van der Waals surface area contributed by atoms with E-state index in [0.717, 1.165) is 44.0 Å². The van der Waals surface area contributed by atoms with Crippen molar-refractivity contribution in [2.75, 3.05) is 11.9 Å². The molecule has 0 saturated carbocycles. The van der Waals surface area contributed by atoms with E-state index in [1.165, 1.54) is 0 Å². The molecule has 0 aliphatic rings. The van der Waals surface area contributed by atoms with Gasteiger partial charge in [0.1, 0.15) is 16.8 Å². The Bertz CT molecular complexity index is 498. The van der Waals surface area contributed by atoms with Crippen LogP contribution in [0.1, 0.15) is 25.6 Å². The number of aromatic nitrogens is 4. The lowest BCUT2D eigenvalue weighted by Crippen LogP contribution is -2.07. The normalized spacial score (nSPS) is 10.6. The van der Waals surface area contributed by atoms with Crippen molar-refractivity contribution in [2.24, 2.45) is 0 Å². The number of rotatable bonds is 7. The van der Waals surface area contributed by atoms with Gasteiger partial charge >= 0.3 is 0 Å². The Morgan fingerprint density at radius 2 is 2.21 bits per heavy atom. The lowest BCUT2D eigenvalue weighted by atomic mass is 10.3. The van der Waals surface area contributed by atoms with Gasteiger partial charge < -0.3 is 9.88 Å². The van der Waals surface area contributed by atoms with Crippen LogP contribution in [0.4, 0.5) is 5.82 Å². The van der Waals surface area contributed by atoms with Crippen LogP contribution in [0.3, 0.4) is 0 Å². The molecule has 2 rings (SSSR count). The first-order valence-electron chi connectivity index (χ1n) is 6.51. The fraction of sp³-hybridized carbons (Fsp3) is 0.462. The second-order valence-corrected chi connectivity index (χ2v) is 4.67. The summed E-state index contributed by atoms with van der Waals surface area (Å²) in [5, 5.41) is 3.77. The zero-order chi connectivity index (χ0) is 13.5. The van der Waals surface area contributed by atoms with Gasteiger partial charge in [0.05, 0.1) is 6.33 Å². The molecule has 19 heavy (non-hydrogen) atoms. The van der Waals surface area contributed by atoms with Crippen LogP contribution < -0.4 is 5.32 Å². The van der Waals surface area contributed by atoms with Gasteiger partial charge in [0, 0.05) is 38.0 Å². The Kier molecular flexibility index (Phi) is 5.15. The van der Waals surface area contributed by atoms with Crippen molar-refractivity contribution in [1.29, 1.82) is 0 Å². The molecule has 0 fully saturated rings. The fourth-order valence-corrected chi connectivity index (χ4v) is 1.97. The molecule has 2 aromatic heterocycles. The molecule has 0 spiro atoms. The molecule has 6 heteroatoms. The Balaban J connectivity index is 1.72. The number of aryl methyl sites for hydroxylation is 2. The van der Waals surface area contributed by atoms with Crippen molar-refractivity contribution in [3.8, 4) is 0 Å². The summed E-state index contributed by atoms with van der Waals surface area (Å²) in [5.41, 5.74) is 0. The molecule has 0 bridgehead atoms. The molecule has 1 N–H and O–H groups in total. The summed E-state index contributed by atoms with van der Waals surface area (Å²) in [6.07, 6.45) is 8.57. The molecule has 0 atom stereocenters. The van der Waals surface area contributed by atoms with Gasteiger partial charge in [0.2, 0.25) is 0 Å². The third-order valence-electron chi connectivity index (χ3n) is 2.77. The van der Waals surface area contributed by atoms with Crippen LogP contribution in [0, 0.1) is 0 Å². The van der Waals surface area contributed by atoms with Crippen molar-refractivity contribution in [1.82, 2.24) is 19.5 Å². The summed E-state index contributed by atoms with van der Waals surface area (Å²) in [4.78, 5) is 12.5. The molecule has 0 saturated heterocycles. The van der Waals surface area contributed by atoms with E-state index in [1.54, 1.807) is 12.3 Å². The van der Waals surface area contributed by atoms with Crippen LogP contribution in [0.5, 0.6) is 0 Å². The van der Waals surface area contributed by atoms with E-state index < -0.39 is 0 Å². The molecular formula is C13H18ClN5. The zero-order valence-corrected chi connectivity index (χ0v) is 11.8. The standard InChI is InChI=1S/C13H18ClN5/c1-2-12-17-11(14)9-13(18-12)16-5-3-4-7-19-8-6-15-10-19/h6,8-10H,2-5,7H2,1H3,(H,16,17,18). The van der Waals surface area contributed by atoms with E-state index in [1.807, 2.05) is 19.4 Å². The lowest BCUT2D eigenvalue weighted by molar-refractivity contribution is 0.620. The van der Waals surface area contributed by atoms with Gasteiger partial charge in [-0.3, -0.25) is 0 Å². The highest BCUT2D eigenvalue weighted by atomic mass is 35.5. The number of nitrogens with one attached hydrogen (secondary N) is 1. The van der Waals surface area contributed by atoms with Crippen LogP contribution >= 0.6 is 11.6 Å². The molecule has 2 heterocycles. The van der Waals surface area contributed by atoms with Crippen LogP contribution in [0.25, 0.3) is 0 Å². The number of hydrogen-bond acceptors (Lipinski definition) is 4. The molecule has 2 aromatic rings. The van der Waals surface area contributed by atoms with E-state index in [2.05, 4.69) is 24.8 Å². The van der Waals surface area contributed by atoms with E-state index in [4.69, 9.17) is 11.6 Å². The third kappa shape index (κ3) is 4.52. The Labute approximate surface area is 118 Å². The molecule has 0 aliphatic heterocycles. The smallest absolute Gasteiger partial charge is 0.134 e. The van der Waals surface area contributed by atoms with Crippen molar-refractivity contribution >= 4 is 17.4 Å². The van der Waals surface area contributed by atoms with Crippen LogP contribution in [-0.2, 0) is 13.0 Å². The van der Waals surface area contributed by atoms with E-state index >= 15 is 0 Å². The number of anilines is 1. The molecule has 0 aliphatic carbocycles. The lowest BCUT2D eigenvalue weighted by Gasteiger charge is -2.07. The number of nitrogens with zero attached hydrogens (tertiary/aromatic N) is 4. The highest BCUT2D eigenvalue weighted by molar-refractivity contribution is 6.29. The average Bonchev–Trinajstić information content (AvgIpc) is 2.91. The highest BCUT2D eigenvalue weighted by Gasteiger charge is 2.01. The second-order valence-electron chi connectivity index (χ2n) is 4.28. The fourth-order valence-electron chi connectivity index (χ4n) is 1.77. The maximum atomic E-state index is 5.94. The average molecular weight is 280 g/mol. The number of unbranched alkanes of at least 4 members (excludes halogenated alkanes) is 1. The maximum Gasteiger partial charge on any atom is 0.134 e. The van der Waals surface area contributed by atoms with Gasteiger partial charge in [0.15, 0.2) is 0 Å². The number of imidazole rings is 1. The number of halogens is 1. The molecular weight excluding hydrogens is 262 g/mol.